The summed E-state index contributed by atoms with van der Waals surface area (Å²) in [6.45, 7) is 6.26. The van der Waals surface area contributed by atoms with Crippen molar-refractivity contribution >= 4 is 18.2 Å². The molecule has 0 spiro atoms. The van der Waals surface area contributed by atoms with E-state index in [1.54, 1.807) is 6.33 Å². The fraction of sp³-hybridized carbons (Fsp3) is 0.615. The summed E-state index contributed by atoms with van der Waals surface area (Å²) in [6, 6.07) is 0. The molecular formula is C13H19N4+. The highest BCUT2D eigenvalue weighted by molar-refractivity contribution is 5.62. The average Bonchev–Trinajstić information content (AvgIpc) is 3.03. The lowest BCUT2D eigenvalue weighted by atomic mass is 10.2. The van der Waals surface area contributed by atoms with Crippen LogP contribution in [-0.4, -0.2) is 41.4 Å². The number of hydrogen-bond acceptors (Lipinski definition) is 3. The van der Waals surface area contributed by atoms with Crippen molar-refractivity contribution in [2.75, 3.05) is 25.0 Å². The minimum absolute atomic E-state index is 0.638. The van der Waals surface area contributed by atoms with Crippen molar-refractivity contribution in [3.63, 3.8) is 0 Å². The summed E-state index contributed by atoms with van der Waals surface area (Å²) in [7, 11) is 1.99. The number of nitrogens with zero attached hydrogens (tertiary/aromatic N) is 4. The van der Waals surface area contributed by atoms with Crippen molar-refractivity contribution in [2.45, 2.75) is 31.6 Å². The molecule has 0 bridgehead atoms. The molecule has 90 valence electrons. The summed E-state index contributed by atoms with van der Waals surface area (Å²) in [5, 5.41) is 0. The van der Waals surface area contributed by atoms with Crippen molar-refractivity contribution in [1.82, 2.24) is 9.97 Å². The first-order valence-electron chi connectivity index (χ1n) is 6.41. The predicted octanol–water partition coefficient (Wildman–Crippen LogP) is 1.93. The summed E-state index contributed by atoms with van der Waals surface area (Å²) >= 11 is 0. The van der Waals surface area contributed by atoms with E-state index in [9.17, 15) is 0 Å². The Morgan fingerprint density at radius 3 is 2.59 bits per heavy atom. The molecule has 4 heteroatoms. The molecule has 1 saturated heterocycles. The first kappa shape index (κ1) is 10.7. The smallest absolute Gasteiger partial charge is 0.269 e. The van der Waals surface area contributed by atoms with Crippen LogP contribution in [0.3, 0.4) is 0 Å². The number of aromatic nitrogens is 2. The van der Waals surface area contributed by atoms with Gasteiger partial charge in [-0.05, 0) is 25.7 Å². The Labute approximate surface area is 102 Å². The van der Waals surface area contributed by atoms with Crippen molar-refractivity contribution < 1.29 is 4.58 Å². The van der Waals surface area contributed by atoms with E-state index in [4.69, 9.17) is 0 Å². The second kappa shape index (κ2) is 4.09. The zero-order chi connectivity index (χ0) is 11.8. The van der Waals surface area contributed by atoms with Gasteiger partial charge in [-0.15, -0.1) is 0 Å². The van der Waals surface area contributed by atoms with Gasteiger partial charge in [0.1, 0.15) is 25.8 Å². The summed E-state index contributed by atoms with van der Waals surface area (Å²) in [5.74, 6) is 1.72. The molecule has 0 N–H and O–H groups in total. The molecule has 1 saturated carbocycles. The van der Waals surface area contributed by atoms with Crippen LogP contribution in [0.1, 0.15) is 37.3 Å². The highest BCUT2D eigenvalue weighted by Gasteiger charge is 2.34. The minimum atomic E-state index is 0.638. The van der Waals surface area contributed by atoms with E-state index in [0.29, 0.717) is 5.92 Å². The van der Waals surface area contributed by atoms with E-state index >= 15 is 0 Å². The maximum atomic E-state index is 4.49. The van der Waals surface area contributed by atoms with Gasteiger partial charge in [0.05, 0.1) is 0 Å². The summed E-state index contributed by atoms with van der Waals surface area (Å²) < 4.78 is 1.93. The van der Waals surface area contributed by atoms with Gasteiger partial charge in [0.2, 0.25) is 5.82 Å². The Kier molecular flexibility index (Phi) is 2.57. The third-order valence-corrected chi connectivity index (χ3v) is 3.58. The van der Waals surface area contributed by atoms with Crippen LogP contribution in [0.25, 0.3) is 0 Å². The number of rotatable bonds is 3. The van der Waals surface area contributed by atoms with Gasteiger partial charge < -0.3 is 4.90 Å². The Hall–Kier alpha value is -1.45. The molecular weight excluding hydrogens is 212 g/mol. The summed E-state index contributed by atoms with van der Waals surface area (Å²) in [4.78, 5) is 11.3. The quantitative estimate of drug-likeness (QED) is 0.588. The lowest BCUT2D eigenvalue weighted by Crippen LogP contribution is -2.21. The van der Waals surface area contributed by atoms with Gasteiger partial charge in [-0.3, -0.25) is 0 Å². The standard InChI is InChI=1S/C13H19N4/c1-16(2)12-11(10-5-6-10)14-9-15-13(12)17-7-3-4-8-17/h9-10H,1,3-8H2,2H3/q+1. The van der Waals surface area contributed by atoms with Crippen molar-refractivity contribution in [3.05, 3.63) is 12.0 Å². The molecule has 2 aliphatic rings. The van der Waals surface area contributed by atoms with Crippen LogP contribution in [-0.2, 0) is 0 Å². The van der Waals surface area contributed by atoms with Crippen LogP contribution in [0.5, 0.6) is 0 Å². The molecule has 1 aliphatic carbocycles. The Balaban J connectivity index is 2.06. The van der Waals surface area contributed by atoms with E-state index < -0.39 is 0 Å². The summed E-state index contributed by atoms with van der Waals surface area (Å²) in [5.41, 5.74) is 2.33. The highest BCUT2D eigenvalue weighted by atomic mass is 15.2. The molecule has 0 unspecified atom stereocenters. The van der Waals surface area contributed by atoms with E-state index in [-0.39, 0.29) is 0 Å². The van der Waals surface area contributed by atoms with Crippen LogP contribution >= 0.6 is 0 Å². The fourth-order valence-corrected chi connectivity index (χ4v) is 2.56. The third kappa shape index (κ3) is 1.92. The highest BCUT2D eigenvalue weighted by Crippen LogP contribution is 2.45. The van der Waals surface area contributed by atoms with Gasteiger partial charge in [0, 0.05) is 19.0 Å². The zero-order valence-electron chi connectivity index (χ0n) is 10.4. The van der Waals surface area contributed by atoms with Crippen LogP contribution in [0, 0.1) is 0 Å². The number of anilines is 1. The van der Waals surface area contributed by atoms with Gasteiger partial charge >= 0.3 is 0 Å². The van der Waals surface area contributed by atoms with E-state index in [1.165, 1.54) is 31.4 Å². The van der Waals surface area contributed by atoms with E-state index in [1.807, 2.05) is 11.6 Å². The zero-order valence-corrected chi connectivity index (χ0v) is 10.4. The largest absolute Gasteiger partial charge is 0.351 e. The normalized spacial score (nSPS) is 19.7. The molecule has 0 radical (unpaired) electrons. The first-order valence-corrected chi connectivity index (χ1v) is 6.41. The van der Waals surface area contributed by atoms with E-state index in [0.717, 1.165) is 24.6 Å². The predicted molar refractivity (Wildman–Crippen MR) is 68.4 cm³/mol. The minimum Gasteiger partial charge on any atom is -0.351 e. The molecule has 2 fully saturated rings. The molecule has 17 heavy (non-hydrogen) atoms. The first-order chi connectivity index (χ1) is 8.27. The Morgan fingerprint density at radius 1 is 1.29 bits per heavy atom. The third-order valence-electron chi connectivity index (χ3n) is 3.58. The van der Waals surface area contributed by atoms with Gasteiger partial charge in [0.15, 0.2) is 0 Å². The molecule has 0 aromatic carbocycles. The molecule has 2 heterocycles. The molecule has 1 aromatic heterocycles. The molecule has 4 nitrogen and oxygen atoms in total. The van der Waals surface area contributed by atoms with Crippen LogP contribution in [0.2, 0.25) is 0 Å². The SMILES string of the molecule is C=[N+](C)c1c(C2CC2)ncnc1N1CCCC1. The maximum absolute atomic E-state index is 4.49. The molecule has 3 rings (SSSR count). The Bertz CT molecular complexity index is 445. The van der Waals surface area contributed by atoms with E-state index in [2.05, 4.69) is 21.6 Å². The molecule has 0 amide bonds. The van der Waals surface area contributed by atoms with Gasteiger partial charge in [0.25, 0.3) is 5.69 Å². The van der Waals surface area contributed by atoms with Crippen LogP contribution < -0.4 is 4.90 Å². The summed E-state index contributed by atoms with van der Waals surface area (Å²) in [6.07, 6.45) is 6.77. The Morgan fingerprint density at radius 2 is 2.00 bits per heavy atom. The maximum Gasteiger partial charge on any atom is 0.269 e. The number of hydrogen-bond donors (Lipinski definition) is 0. The van der Waals surface area contributed by atoms with Crippen molar-refractivity contribution in [1.29, 1.82) is 0 Å². The van der Waals surface area contributed by atoms with Gasteiger partial charge in [-0.2, -0.15) is 0 Å². The lowest BCUT2D eigenvalue weighted by molar-refractivity contribution is -0.395. The van der Waals surface area contributed by atoms with Gasteiger partial charge in [-0.1, -0.05) is 0 Å². The van der Waals surface area contributed by atoms with Gasteiger partial charge in [-0.25, -0.2) is 14.5 Å². The van der Waals surface area contributed by atoms with Crippen LogP contribution in [0.4, 0.5) is 11.5 Å². The molecule has 0 atom stereocenters. The molecule has 1 aliphatic heterocycles. The van der Waals surface area contributed by atoms with Crippen molar-refractivity contribution in [3.8, 4) is 0 Å². The lowest BCUT2D eigenvalue weighted by Gasteiger charge is -2.17. The second-order valence-electron chi connectivity index (χ2n) is 5.10. The monoisotopic (exact) mass is 231 g/mol. The molecule has 1 aromatic rings. The van der Waals surface area contributed by atoms with Crippen LogP contribution in [0.15, 0.2) is 6.33 Å². The average molecular weight is 231 g/mol. The second-order valence-corrected chi connectivity index (χ2v) is 5.10. The fourth-order valence-electron chi connectivity index (χ4n) is 2.56. The van der Waals surface area contributed by atoms with Crippen molar-refractivity contribution in [2.24, 2.45) is 0 Å². The topological polar surface area (TPSA) is 32.0 Å².